The number of carbonyl (C=O) groups is 2. The van der Waals surface area contributed by atoms with Crippen molar-refractivity contribution < 1.29 is 14.3 Å². The van der Waals surface area contributed by atoms with Gasteiger partial charge in [-0.25, -0.2) is 0 Å². The molecule has 0 radical (unpaired) electrons. The molecule has 5 heteroatoms. The largest absolute Gasteiger partial charge is 0.355 e. The average molecular weight is 348 g/mol. The number of nitrogens with zero attached hydrogens (tertiary/aromatic N) is 2. The molecular weight excluding hydrogens is 316 g/mol. The highest BCUT2D eigenvalue weighted by Gasteiger charge is 2.44. The Balaban J connectivity index is 0.000000730. The summed E-state index contributed by atoms with van der Waals surface area (Å²) in [6.07, 6.45) is 1.59. The number of hydrogen-bond donors (Lipinski definition) is 0. The maximum atomic E-state index is 12.7. The Morgan fingerprint density at radius 1 is 1.16 bits per heavy atom. The predicted octanol–water partition coefficient (Wildman–Crippen LogP) is 3.43. The maximum absolute atomic E-state index is 12.7. The fraction of sp³-hybridized carbons (Fsp3) is 0.600. The molecule has 2 amide bonds. The molecule has 0 unspecified atom stereocenters. The SMILES string of the molecule is CC.CC.CC(=O)N1CCC[C@H]2OCN(Cc3ccccc3)C(=O)[C@H]21. The second-order valence-corrected chi connectivity index (χ2v) is 5.66. The van der Waals surface area contributed by atoms with Crippen LogP contribution in [0.15, 0.2) is 30.3 Å². The molecule has 0 bridgehead atoms. The number of carbonyl (C=O) groups excluding carboxylic acids is 2. The van der Waals surface area contributed by atoms with Crippen LogP contribution in [-0.4, -0.2) is 47.0 Å². The highest BCUT2D eigenvalue weighted by molar-refractivity contribution is 5.88. The zero-order valence-electron chi connectivity index (χ0n) is 16.2. The second kappa shape index (κ2) is 10.9. The Hall–Kier alpha value is -1.88. The van der Waals surface area contributed by atoms with Crippen molar-refractivity contribution in [2.45, 2.75) is 66.2 Å². The summed E-state index contributed by atoms with van der Waals surface area (Å²) < 4.78 is 5.83. The molecule has 2 fully saturated rings. The first-order valence-corrected chi connectivity index (χ1v) is 9.38. The van der Waals surface area contributed by atoms with E-state index in [-0.39, 0.29) is 17.9 Å². The lowest BCUT2D eigenvalue weighted by Gasteiger charge is -2.45. The molecule has 2 aliphatic rings. The number of likely N-dealkylation sites (tertiary alicyclic amines) is 1. The molecule has 0 saturated carbocycles. The molecule has 2 atom stereocenters. The Kier molecular flexibility index (Phi) is 9.21. The molecule has 25 heavy (non-hydrogen) atoms. The van der Waals surface area contributed by atoms with Crippen LogP contribution in [0.1, 0.15) is 53.0 Å². The van der Waals surface area contributed by atoms with Gasteiger partial charge in [0, 0.05) is 20.0 Å². The Bertz CT molecular complexity index is 533. The molecule has 1 aromatic rings. The van der Waals surface area contributed by atoms with E-state index in [0.717, 1.165) is 18.4 Å². The van der Waals surface area contributed by atoms with Crippen LogP contribution in [0.3, 0.4) is 0 Å². The maximum Gasteiger partial charge on any atom is 0.250 e. The van der Waals surface area contributed by atoms with Gasteiger partial charge >= 0.3 is 0 Å². The summed E-state index contributed by atoms with van der Waals surface area (Å²) in [5, 5.41) is 0. The molecule has 2 heterocycles. The van der Waals surface area contributed by atoms with Crippen molar-refractivity contribution in [2.75, 3.05) is 13.3 Å². The Labute approximate surface area is 151 Å². The van der Waals surface area contributed by atoms with Gasteiger partial charge in [0.25, 0.3) is 0 Å². The molecule has 0 aromatic heterocycles. The van der Waals surface area contributed by atoms with Crippen molar-refractivity contribution >= 4 is 11.8 Å². The van der Waals surface area contributed by atoms with Gasteiger partial charge in [-0.1, -0.05) is 58.0 Å². The van der Waals surface area contributed by atoms with E-state index in [1.807, 2.05) is 58.0 Å². The minimum absolute atomic E-state index is 0.00463. The molecule has 2 aliphatic heterocycles. The van der Waals surface area contributed by atoms with Crippen molar-refractivity contribution in [3.05, 3.63) is 35.9 Å². The van der Waals surface area contributed by atoms with Crippen molar-refractivity contribution in [1.29, 1.82) is 0 Å². The van der Waals surface area contributed by atoms with Crippen LogP contribution in [0.25, 0.3) is 0 Å². The molecule has 3 rings (SSSR count). The van der Waals surface area contributed by atoms with Crippen LogP contribution in [-0.2, 0) is 20.9 Å². The Morgan fingerprint density at radius 3 is 2.40 bits per heavy atom. The monoisotopic (exact) mass is 348 g/mol. The van der Waals surface area contributed by atoms with Gasteiger partial charge in [0.05, 0.1) is 6.10 Å². The number of amides is 2. The molecule has 0 spiro atoms. The Morgan fingerprint density at radius 2 is 1.80 bits per heavy atom. The van der Waals surface area contributed by atoms with E-state index >= 15 is 0 Å². The predicted molar refractivity (Wildman–Crippen MR) is 99.8 cm³/mol. The first-order valence-electron chi connectivity index (χ1n) is 9.38. The zero-order valence-corrected chi connectivity index (χ0v) is 16.2. The van der Waals surface area contributed by atoms with E-state index in [1.54, 1.807) is 9.80 Å². The molecule has 0 N–H and O–H groups in total. The number of rotatable bonds is 2. The fourth-order valence-corrected chi connectivity index (χ4v) is 3.14. The van der Waals surface area contributed by atoms with Gasteiger partial charge in [-0.2, -0.15) is 0 Å². The lowest BCUT2D eigenvalue weighted by atomic mass is 9.96. The molecule has 2 saturated heterocycles. The third-order valence-electron chi connectivity index (χ3n) is 4.21. The smallest absolute Gasteiger partial charge is 0.250 e. The third-order valence-corrected chi connectivity index (χ3v) is 4.21. The lowest BCUT2D eigenvalue weighted by Crippen LogP contribution is -2.63. The lowest BCUT2D eigenvalue weighted by molar-refractivity contribution is -0.179. The van der Waals surface area contributed by atoms with Crippen molar-refractivity contribution in [2.24, 2.45) is 0 Å². The minimum Gasteiger partial charge on any atom is -0.355 e. The van der Waals surface area contributed by atoms with Gasteiger partial charge < -0.3 is 14.5 Å². The zero-order chi connectivity index (χ0) is 18.8. The normalized spacial score (nSPS) is 22.0. The van der Waals surface area contributed by atoms with Crippen molar-refractivity contribution in [1.82, 2.24) is 9.80 Å². The van der Waals surface area contributed by atoms with Crippen molar-refractivity contribution in [3.8, 4) is 0 Å². The van der Waals surface area contributed by atoms with Gasteiger partial charge in [-0.05, 0) is 18.4 Å². The average Bonchev–Trinajstić information content (AvgIpc) is 2.67. The summed E-state index contributed by atoms with van der Waals surface area (Å²) in [6, 6.07) is 9.39. The first kappa shape index (κ1) is 21.2. The number of piperidine rings is 1. The highest BCUT2D eigenvalue weighted by atomic mass is 16.5. The molecular formula is C20H32N2O3. The summed E-state index contributed by atoms with van der Waals surface area (Å²) in [5.74, 6) is -0.0479. The first-order chi connectivity index (χ1) is 12.2. The standard InChI is InChI=1S/C16H20N2O3.2C2H6/c1-12(19)18-9-5-8-14-15(18)16(20)17(11-21-14)10-13-6-3-2-4-7-13;2*1-2/h2-4,6-7,14-15H,5,8-11H2,1H3;2*1-2H3/t14-,15+;;/m1../s1. The van der Waals surface area contributed by atoms with Crippen molar-refractivity contribution in [3.63, 3.8) is 0 Å². The van der Waals surface area contributed by atoms with E-state index in [2.05, 4.69) is 0 Å². The summed E-state index contributed by atoms with van der Waals surface area (Å²) in [7, 11) is 0. The molecule has 5 nitrogen and oxygen atoms in total. The van der Waals surface area contributed by atoms with Crippen LogP contribution in [0, 0.1) is 0 Å². The quantitative estimate of drug-likeness (QED) is 0.823. The van der Waals surface area contributed by atoms with Crippen LogP contribution >= 0.6 is 0 Å². The van der Waals surface area contributed by atoms with Crippen LogP contribution in [0.5, 0.6) is 0 Å². The summed E-state index contributed by atoms with van der Waals surface area (Å²) in [6.45, 7) is 11.0. The fourth-order valence-electron chi connectivity index (χ4n) is 3.14. The number of fused-ring (bicyclic) bond motifs is 1. The van der Waals surface area contributed by atoms with E-state index in [9.17, 15) is 9.59 Å². The highest BCUT2D eigenvalue weighted by Crippen LogP contribution is 2.27. The number of benzene rings is 1. The van der Waals surface area contributed by atoms with Crippen LogP contribution in [0.4, 0.5) is 0 Å². The van der Waals surface area contributed by atoms with Crippen LogP contribution in [0.2, 0.25) is 0 Å². The van der Waals surface area contributed by atoms with Gasteiger partial charge in [0.2, 0.25) is 11.8 Å². The van der Waals surface area contributed by atoms with E-state index < -0.39 is 6.04 Å². The van der Waals surface area contributed by atoms with Gasteiger partial charge in [0.15, 0.2) is 0 Å². The van der Waals surface area contributed by atoms with E-state index in [4.69, 9.17) is 4.74 Å². The van der Waals surface area contributed by atoms with Gasteiger partial charge in [-0.15, -0.1) is 0 Å². The summed E-state index contributed by atoms with van der Waals surface area (Å²) in [4.78, 5) is 27.8. The number of hydrogen-bond acceptors (Lipinski definition) is 3. The molecule has 140 valence electrons. The van der Waals surface area contributed by atoms with Crippen LogP contribution < -0.4 is 0 Å². The van der Waals surface area contributed by atoms with Gasteiger partial charge in [-0.3, -0.25) is 9.59 Å². The van der Waals surface area contributed by atoms with E-state index in [1.165, 1.54) is 6.92 Å². The third kappa shape index (κ3) is 5.30. The molecule has 1 aromatic carbocycles. The minimum atomic E-state index is -0.450. The summed E-state index contributed by atoms with van der Waals surface area (Å²) >= 11 is 0. The van der Waals surface area contributed by atoms with Gasteiger partial charge in [0.1, 0.15) is 12.8 Å². The molecule has 0 aliphatic carbocycles. The summed E-state index contributed by atoms with van der Waals surface area (Å²) in [5.41, 5.74) is 1.07. The topological polar surface area (TPSA) is 49.9 Å². The second-order valence-electron chi connectivity index (χ2n) is 5.66. The van der Waals surface area contributed by atoms with E-state index in [0.29, 0.717) is 19.8 Å². The number of ether oxygens (including phenoxy) is 1.